The van der Waals surface area contributed by atoms with E-state index >= 15 is 0 Å². The summed E-state index contributed by atoms with van der Waals surface area (Å²) in [6.45, 7) is 5.91. The van der Waals surface area contributed by atoms with Crippen molar-refractivity contribution in [1.82, 2.24) is 4.90 Å². The van der Waals surface area contributed by atoms with Crippen molar-refractivity contribution in [3.63, 3.8) is 0 Å². The van der Waals surface area contributed by atoms with Gasteiger partial charge >= 0.3 is 5.97 Å². The topological polar surface area (TPSA) is 48.0 Å². The maximum Gasteiger partial charge on any atom is 0.310 e. The third-order valence-electron chi connectivity index (χ3n) is 4.32. The highest BCUT2D eigenvalue weighted by Gasteiger charge is 2.26. The Morgan fingerprint density at radius 2 is 2.04 bits per heavy atom. The van der Waals surface area contributed by atoms with Gasteiger partial charge in [0.25, 0.3) is 0 Å². The van der Waals surface area contributed by atoms with Gasteiger partial charge in [0.05, 0.1) is 26.2 Å². The van der Waals surface area contributed by atoms with Gasteiger partial charge in [-0.05, 0) is 57.8 Å². The highest BCUT2D eigenvalue weighted by Crippen LogP contribution is 2.26. The van der Waals surface area contributed by atoms with Crippen molar-refractivity contribution >= 4 is 5.97 Å². The van der Waals surface area contributed by atoms with E-state index < -0.39 is 0 Å². The second-order valence-electron chi connectivity index (χ2n) is 6.10. The molecule has 0 bridgehead atoms. The van der Waals surface area contributed by atoms with E-state index in [1.807, 2.05) is 31.2 Å². The molecule has 1 aromatic carbocycles. The molecule has 0 unspecified atom stereocenters. The Morgan fingerprint density at radius 1 is 1.25 bits per heavy atom. The minimum Gasteiger partial charge on any atom is -0.493 e. The maximum atomic E-state index is 11.9. The number of rotatable bonds is 9. The minimum atomic E-state index is -0.0401. The number of methoxy groups -OCH3 is 1. The van der Waals surface area contributed by atoms with Crippen LogP contribution in [0.1, 0.15) is 32.6 Å². The van der Waals surface area contributed by atoms with Gasteiger partial charge < -0.3 is 19.1 Å². The van der Waals surface area contributed by atoms with Gasteiger partial charge in [-0.2, -0.15) is 0 Å². The fraction of sp³-hybridized carbons (Fsp3) is 0.632. The molecular weight excluding hydrogens is 306 g/mol. The first kappa shape index (κ1) is 18.6. The van der Waals surface area contributed by atoms with Gasteiger partial charge in [0, 0.05) is 6.54 Å². The van der Waals surface area contributed by atoms with Crippen LogP contribution in [0, 0.1) is 5.92 Å². The molecule has 1 aliphatic rings. The number of unbranched alkanes of at least 4 members (excludes halogenated alkanes) is 1. The van der Waals surface area contributed by atoms with Crippen molar-refractivity contribution in [2.24, 2.45) is 5.92 Å². The summed E-state index contributed by atoms with van der Waals surface area (Å²) in [6, 6.07) is 7.70. The molecule has 0 saturated carbocycles. The molecule has 1 fully saturated rings. The van der Waals surface area contributed by atoms with Crippen molar-refractivity contribution in [2.45, 2.75) is 32.6 Å². The van der Waals surface area contributed by atoms with Crippen LogP contribution in [-0.2, 0) is 9.53 Å². The van der Waals surface area contributed by atoms with Crippen LogP contribution < -0.4 is 9.47 Å². The number of likely N-dealkylation sites (tertiary alicyclic amines) is 1. The summed E-state index contributed by atoms with van der Waals surface area (Å²) < 4.78 is 16.2. The molecule has 5 heteroatoms. The number of carbonyl (C=O) groups is 1. The van der Waals surface area contributed by atoms with Crippen molar-refractivity contribution in [2.75, 3.05) is 40.0 Å². The highest BCUT2D eigenvalue weighted by molar-refractivity contribution is 5.72. The van der Waals surface area contributed by atoms with Gasteiger partial charge in [-0.25, -0.2) is 0 Å². The van der Waals surface area contributed by atoms with Crippen LogP contribution in [0.3, 0.4) is 0 Å². The Hall–Kier alpha value is -1.75. The fourth-order valence-corrected chi connectivity index (χ4v) is 3.07. The van der Waals surface area contributed by atoms with Crippen LogP contribution >= 0.6 is 0 Å². The van der Waals surface area contributed by atoms with E-state index in [2.05, 4.69) is 4.90 Å². The molecule has 1 atom stereocenters. The lowest BCUT2D eigenvalue weighted by atomic mass is 9.98. The molecule has 1 heterocycles. The third-order valence-corrected chi connectivity index (χ3v) is 4.32. The summed E-state index contributed by atoms with van der Waals surface area (Å²) in [5, 5.41) is 0. The van der Waals surface area contributed by atoms with Crippen molar-refractivity contribution < 1.29 is 19.0 Å². The van der Waals surface area contributed by atoms with Crippen molar-refractivity contribution in [3.8, 4) is 11.5 Å². The van der Waals surface area contributed by atoms with E-state index in [0.717, 1.165) is 56.8 Å². The zero-order valence-corrected chi connectivity index (χ0v) is 14.8. The quantitative estimate of drug-likeness (QED) is 0.512. The van der Waals surface area contributed by atoms with Gasteiger partial charge in [-0.3, -0.25) is 4.79 Å². The number of carbonyl (C=O) groups excluding carboxylic acids is 1. The summed E-state index contributed by atoms with van der Waals surface area (Å²) in [7, 11) is 1.65. The first-order chi connectivity index (χ1) is 11.7. The maximum absolute atomic E-state index is 11.9. The average molecular weight is 335 g/mol. The largest absolute Gasteiger partial charge is 0.493 e. The number of nitrogens with zero attached hydrogens (tertiary/aromatic N) is 1. The van der Waals surface area contributed by atoms with Gasteiger partial charge in [0.1, 0.15) is 0 Å². The molecule has 0 spiro atoms. The lowest BCUT2D eigenvalue weighted by molar-refractivity contribution is -0.149. The van der Waals surface area contributed by atoms with Crippen molar-refractivity contribution in [3.05, 3.63) is 24.3 Å². The van der Waals surface area contributed by atoms with Crippen LogP contribution in [0.2, 0.25) is 0 Å². The van der Waals surface area contributed by atoms with E-state index in [9.17, 15) is 4.79 Å². The Kier molecular flexibility index (Phi) is 7.89. The van der Waals surface area contributed by atoms with E-state index in [-0.39, 0.29) is 11.9 Å². The molecule has 5 nitrogen and oxygen atoms in total. The predicted octanol–water partition coefficient (Wildman–Crippen LogP) is 3.13. The molecule has 0 aliphatic carbocycles. The number of hydrogen-bond acceptors (Lipinski definition) is 5. The second kappa shape index (κ2) is 10.2. The average Bonchev–Trinajstić information content (AvgIpc) is 2.62. The van der Waals surface area contributed by atoms with Gasteiger partial charge in [-0.1, -0.05) is 12.1 Å². The molecule has 0 amide bonds. The fourth-order valence-electron chi connectivity index (χ4n) is 3.07. The number of esters is 1. The number of piperidine rings is 1. The van der Waals surface area contributed by atoms with Crippen LogP contribution in [0.5, 0.6) is 11.5 Å². The number of para-hydroxylation sites is 2. The van der Waals surface area contributed by atoms with Crippen LogP contribution in [0.4, 0.5) is 0 Å². The SMILES string of the molecule is CCOC(=O)[C@@H]1CCCN(CCCCOc2ccccc2OC)C1. The molecule has 1 saturated heterocycles. The lowest BCUT2D eigenvalue weighted by Crippen LogP contribution is -2.39. The smallest absolute Gasteiger partial charge is 0.310 e. The summed E-state index contributed by atoms with van der Waals surface area (Å²) in [5.41, 5.74) is 0. The van der Waals surface area contributed by atoms with E-state index in [1.165, 1.54) is 0 Å². The van der Waals surface area contributed by atoms with E-state index in [1.54, 1.807) is 7.11 Å². The number of benzene rings is 1. The molecule has 0 N–H and O–H groups in total. The van der Waals surface area contributed by atoms with Crippen LogP contribution in [-0.4, -0.2) is 50.8 Å². The van der Waals surface area contributed by atoms with Gasteiger partial charge in [0.2, 0.25) is 0 Å². The van der Waals surface area contributed by atoms with Crippen LogP contribution in [0.25, 0.3) is 0 Å². The zero-order valence-electron chi connectivity index (χ0n) is 14.8. The van der Waals surface area contributed by atoms with E-state index in [0.29, 0.717) is 13.2 Å². The first-order valence-electron chi connectivity index (χ1n) is 8.89. The van der Waals surface area contributed by atoms with Crippen molar-refractivity contribution in [1.29, 1.82) is 0 Å². The van der Waals surface area contributed by atoms with Crippen LogP contribution in [0.15, 0.2) is 24.3 Å². The molecule has 134 valence electrons. The molecule has 2 rings (SSSR count). The molecule has 0 radical (unpaired) electrons. The minimum absolute atomic E-state index is 0.0401. The lowest BCUT2D eigenvalue weighted by Gasteiger charge is -2.31. The molecular formula is C19H29NO4. The molecule has 24 heavy (non-hydrogen) atoms. The Bertz CT molecular complexity index is 506. The van der Waals surface area contributed by atoms with Gasteiger partial charge in [-0.15, -0.1) is 0 Å². The standard InChI is InChI=1S/C19H29NO4/c1-3-23-19(21)16-9-8-13-20(15-16)12-6-7-14-24-18-11-5-4-10-17(18)22-2/h4-5,10-11,16H,3,6-9,12-15H2,1-2H3/t16-/m1/s1. The summed E-state index contributed by atoms with van der Waals surface area (Å²) in [4.78, 5) is 14.2. The molecule has 0 aromatic heterocycles. The third kappa shape index (κ3) is 5.71. The zero-order chi connectivity index (χ0) is 17.2. The Balaban J connectivity index is 1.64. The molecule has 1 aromatic rings. The first-order valence-corrected chi connectivity index (χ1v) is 8.89. The van der Waals surface area contributed by atoms with Gasteiger partial charge in [0.15, 0.2) is 11.5 Å². The summed E-state index contributed by atoms with van der Waals surface area (Å²) >= 11 is 0. The Morgan fingerprint density at radius 3 is 2.79 bits per heavy atom. The summed E-state index contributed by atoms with van der Waals surface area (Å²) in [5.74, 6) is 1.57. The highest BCUT2D eigenvalue weighted by atomic mass is 16.5. The Labute approximate surface area is 144 Å². The van der Waals surface area contributed by atoms with E-state index in [4.69, 9.17) is 14.2 Å². The normalized spacial score (nSPS) is 18.2. The number of ether oxygens (including phenoxy) is 3. The number of hydrogen-bond donors (Lipinski definition) is 0. The second-order valence-corrected chi connectivity index (χ2v) is 6.10. The molecule has 1 aliphatic heterocycles. The summed E-state index contributed by atoms with van der Waals surface area (Å²) in [6.07, 6.45) is 4.07. The predicted molar refractivity (Wildman–Crippen MR) is 93.5 cm³/mol. The monoisotopic (exact) mass is 335 g/mol.